The van der Waals surface area contributed by atoms with Crippen molar-refractivity contribution in [1.82, 2.24) is 4.31 Å². The molecule has 1 N–H and O–H groups in total. The van der Waals surface area contributed by atoms with Gasteiger partial charge in [-0.2, -0.15) is 4.31 Å². The van der Waals surface area contributed by atoms with Crippen molar-refractivity contribution in [2.75, 3.05) is 7.05 Å². The van der Waals surface area contributed by atoms with Gasteiger partial charge in [-0.15, -0.1) is 0 Å². The number of hydrogen-bond acceptors (Lipinski definition) is 3. The molecule has 0 aliphatic heterocycles. The quantitative estimate of drug-likeness (QED) is 0.879. The van der Waals surface area contributed by atoms with Crippen molar-refractivity contribution in [3.63, 3.8) is 0 Å². The van der Waals surface area contributed by atoms with Gasteiger partial charge in [-0.1, -0.05) is 26.0 Å². The zero-order valence-electron chi connectivity index (χ0n) is 10.4. The molecule has 0 radical (unpaired) electrons. The van der Waals surface area contributed by atoms with Gasteiger partial charge in [-0.05, 0) is 25.0 Å². The van der Waals surface area contributed by atoms with Crippen molar-refractivity contribution < 1.29 is 13.5 Å². The summed E-state index contributed by atoms with van der Waals surface area (Å²) in [4.78, 5) is -0.0330. The number of phenols is 1. The van der Waals surface area contributed by atoms with Gasteiger partial charge < -0.3 is 5.11 Å². The summed E-state index contributed by atoms with van der Waals surface area (Å²) in [5.41, 5.74) is 0. The molecule has 0 fully saturated rings. The molecule has 0 saturated carbocycles. The summed E-state index contributed by atoms with van der Waals surface area (Å²) >= 11 is 0. The van der Waals surface area contributed by atoms with Crippen LogP contribution in [0.25, 0.3) is 0 Å². The lowest BCUT2D eigenvalue weighted by Gasteiger charge is -2.25. The Morgan fingerprint density at radius 2 is 1.76 bits per heavy atom. The minimum atomic E-state index is -3.61. The number of rotatable bonds is 5. The number of sulfonamides is 1. The monoisotopic (exact) mass is 257 g/mol. The van der Waals surface area contributed by atoms with Crippen molar-refractivity contribution in [3.8, 4) is 5.75 Å². The maximum atomic E-state index is 12.3. The molecule has 0 unspecified atom stereocenters. The number of hydrogen-bond donors (Lipinski definition) is 1. The van der Waals surface area contributed by atoms with Crippen LogP contribution < -0.4 is 0 Å². The van der Waals surface area contributed by atoms with E-state index in [-0.39, 0.29) is 16.7 Å². The Hall–Kier alpha value is -1.07. The summed E-state index contributed by atoms with van der Waals surface area (Å²) in [5.74, 6) is -0.203. The highest BCUT2D eigenvalue weighted by atomic mass is 32.2. The first kappa shape index (κ1) is 14.0. The number of aromatic hydroxyl groups is 1. The number of para-hydroxylation sites is 1. The Labute approximate surface area is 103 Å². The van der Waals surface area contributed by atoms with Gasteiger partial charge >= 0.3 is 0 Å². The van der Waals surface area contributed by atoms with Gasteiger partial charge in [0.05, 0.1) is 0 Å². The van der Waals surface area contributed by atoms with E-state index in [9.17, 15) is 13.5 Å². The molecule has 0 saturated heterocycles. The zero-order valence-corrected chi connectivity index (χ0v) is 11.2. The minimum absolute atomic E-state index is 0.0330. The summed E-state index contributed by atoms with van der Waals surface area (Å²) in [5, 5.41) is 9.62. The van der Waals surface area contributed by atoms with Crippen LogP contribution >= 0.6 is 0 Å². The smallest absolute Gasteiger partial charge is 0.246 e. The fourth-order valence-electron chi connectivity index (χ4n) is 1.83. The third-order valence-electron chi connectivity index (χ3n) is 2.98. The van der Waals surface area contributed by atoms with Crippen LogP contribution in [0.15, 0.2) is 29.2 Å². The van der Waals surface area contributed by atoms with E-state index in [1.165, 1.54) is 16.4 Å². The van der Waals surface area contributed by atoms with Gasteiger partial charge in [0, 0.05) is 13.1 Å². The van der Waals surface area contributed by atoms with Crippen LogP contribution in [0.3, 0.4) is 0 Å². The molecule has 1 aromatic rings. The second-order valence-electron chi connectivity index (χ2n) is 3.96. The Bertz CT molecular complexity index is 466. The molecule has 1 rings (SSSR count). The minimum Gasteiger partial charge on any atom is -0.507 e. The van der Waals surface area contributed by atoms with Crippen LogP contribution in [0.5, 0.6) is 5.75 Å². The van der Waals surface area contributed by atoms with E-state index in [4.69, 9.17) is 0 Å². The molecular formula is C12H19NO3S. The Balaban J connectivity index is 3.16. The van der Waals surface area contributed by atoms with Crippen molar-refractivity contribution in [3.05, 3.63) is 24.3 Å². The maximum absolute atomic E-state index is 12.3. The van der Waals surface area contributed by atoms with Crippen LogP contribution in [0.4, 0.5) is 0 Å². The van der Waals surface area contributed by atoms with Crippen LogP contribution in [0.1, 0.15) is 26.7 Å². The fraction of sp³-hybridized carbons (Fsp3) is 0.500. The fourth-order valence-corrected chi connectivity index (χ4v) is 3.41. The molecule has 0 aromatic heterocycles. The molecule has 0 aliphatic carbocycles. The highest BCUT2D eigenvalue weighted by molar-refractivity contribution is 7.89. The third-order valence-corrected chi connectivity index (χ3v) is 4.94. The lowest BCUT2D eigenvalue weighted by molar-refractivity contribution is 0.347. The molecule has 4 nitrogen and oxygen atoms in total. The van der Waals surface area contributed by atoms with E-state index in [1.807, 2.05) is 13.8 Å². The molecule has 0 heterocycles. The van der Waals surface area contributed by atoms with Gasteiger partial charge in [0.1, 0.15) is 10.6 Å². The summed E-state index contributed by atoms with van der Waals surface area (Å²) in [6.45, 7) is 3.90. The molecule has 17 heavy (non-hydrogen) atoms. The second kappa shape index (κ2) is 5.51. The van der Waals surface area contributed by atoms with Crippen molar-refractivity contribution in [1.29, 1.82) is 0 Å². The highest BCUT2D eigenvalue weighted by Crippen LogP contribution is 2.26. The summed E-state index contributed by atoms with van der Waals surface area (Å²) in [7, 11) is -2.05. The standard InChI is InChI=1S/C12H19NO3S/c1-4-10(5-2)13(3)17(15,16)12-9-7-6-8-11(12)14/h6-10,14H,4-5H2,1-3H3. The summed E-state index contributed by atoms with van der Waals surface area (Å²) < 4.78 is 25.9. The predicted molar refractivity (Wildman–Crippen MR) is 67.4 cm³/mol. The second-order valence-corrected chi connectivity index (χ2v) is 5.93. The Kier molecular flexibility index (Phi) is 4.54. The highest BCUT2D eigenvalue weighted by Gasteiger charge is 2.27. The normalized spacial score (nSPS) is 12.3. The van der Waals surface area contributed by atoms with E-state index < -0.39 is 10.0 Å². The molecular weight excluding hydrogens is 238 g/mol. The lowest BCUT2D eigenvalue weighted by Crippen LogP contribution is -2.36. The van der Waals surface area contributed by atoms with Gasteiger partial charge in [0.2, 0.25) is 10.0 Å². The maximum Gasteiger partial charge on any atom is 0.246 e. The SMILES string of the molecule is CCC(CC)N(C)S(=O)(=O)c1ccccc1O. The van der Waals surface area contributed by atoms with Crippen molar-refractivity contribution in [2.24, 2.45) is 0 Å². The van der Waals surface area contributed by atoms with Crippen molar-refractivity contribution >= 4 is 10.0 Å². The molecule has 0 bridgehead atoms. The van der Waals surface area contributed by atoms with Crippen molar-refractivity contribution in [2.45, 2.75) is 37.6 Å². The van der Waals surface area contributed by atoms with Gasteiger partial charge in [-0.25, -0.2) is 8.42 Å². The van der Waals surface area contributed by atoms with Gasteiger partial charge in [0.15, 0.2) is 0 Å². The zero-order chi connectivity index (χ0) is 13.1. The first-order chi connectivity index (χ1) is 7.95. The number of phenolic OH excluding ortho intramolecular Hbond substituents is 1. The van der Waals surface area contributed by atoms with E-state index in [2.05, 4.69) is 0 Å². The summed E-state index contributed by atoms with van der Waals surface area (Å²) in [6.07, 6.45) is 1.50. The van der Waals surface area contributed by atoms with Gasteiger partial charge in [0.25, 0.3) is 0 Å². The molecule has 5 heteroatoms. The largest absolute Gasteiger partial charge is 0.507 e. The van der Waals surface area contributed by atoms with Crippen LogP contribution in [-0.4, -0.2) is 30.9 Å². The Morgan fingerprint density at radius 1 is 1.24 bits per heavy atom. The molecule has 0 aliphatic rings. The Morgan fingerprint density at radius 3 is 2.24 bits per heavy atom. The van der Waals surface area contributed by atoms with Crippen LogP contribution in [0, 0.1) is 0 Å². The predicted octanol–water partition coefficient (Wildman–Crippen LogP) is 2.20. The van der Waals surface area contributed by atoms with E-state index >= 15 is 0 Å². The van der Waals surface area contributed by atoms with E-state index in [1.54, 1.807) is 19.2 Å². The average molecular weight is 257 g/mol. The first-order valence-electron chi connectivity index (χ1n) is 5.71. The topological polar surface area (TPSA) is 57.6 Å². The molecule has 0 spiro atoms. The third kappa shape index (κ3) is 2.79. The molecule has 0 atom stereocenters. The molecule has 1 aromatic carbocycles. The average Bonchev–Trinajstić information content (AvgIpc) is 2.30. The first-order valence-corrected chi connectivity index (χ1v) is 7.15. The van der Waals surface area contributed by atoms with Gasteiger partial charge in [-0.3, -0.25) is 0 Å². The molecule has 96 valence electrons. The van der Waals surface area contributed by atoms with Crippen LogP contribution in [0.2, 0.25) is 0 Å². The molecule has 0 amide bonds. The van der Waals surface area contributed by atoms with E-state index in [0.717, 1.165) is 12.8 Å². The number of benzene rings is 1. The van der Waals surface area contributed by atoms with E-state index in [0.29, 0.717) is 0 Å². The summed E-state index contributed by atoms with van der Waals surface area (Å²) in [6, 6.07) is 5.97. The number of nitrogens with zero attached hydrogens (tertiary/aromatic N) is 1. The van der Waals surface area contributed by atoms with Crippen LogP contribution in [-0.2, 0) is 10.0 Å². The lowest BCUT2D eigenvalue weighted by atomic mass is 10.2.